The largest absolute Gasteiger partial charge is 0.459 e. The van der Waals surface area contributed by atoms with Crippen LogP contribution in [0.15, 0.2) is 0 Å². The molecular weight excluding hydrogens is 570 g/mol. The fourth-order valence-electron chi connectivity index (χ4n) is 3.98. The van der Waals surface area contributed by atoms with Gasteiger partial charge in [-0.2, -0.15) is 0 Å². The van der Waals surface area contributed by atoms with E-state index in [0.717, 1.165) is 13.0 Å². The summed E-state index contributed by atoms with van der Waals surface area (Å²) in [5, 5.41) is 0. The first-order valence-electron chi connectivity index (χ1n) is 17.0. The van der Waals surface area contributed by atoms with Crippen LogP contribution in [0.2, 0.25) is 0 Å². The first kappa shape index (κ1) is 43.1. The molecule has 0 aromatic carbocycles. The lowest BCUT2D eigenvalue weighted by Gasteiger charge is -2.22. The molecule has 0 aliphatic carbocycles. The molecule has 0 unspecified atom stereocenters. The fourth-order valence-corrected chi connectivity index (χ4v) is 3.98. The van der Waals surface area contributed by atoms with E-state index in [9.17, 15) is 4.79 Å². The highest BCUT2D eigenvalue weighted by molar-refractivity contribution is 5.70. The highest BCUT2D eigenvalue weighted by Gasteiger charge is 2.15. The van der Waals surface area contributed by atoms with Crippen molar-refractivity contribution in [3.05, 3.63) is 0 Å². The van der Waals surface area contributed by atoms with Crippen LogP contribution in [0.3, 0.4) is 0 Å². The van der Waals surface area contributed by atoms with Crippen LogP contribution in [0.5, 0.6) is 0 Å². The summed E-state index contributed by atoms with van der Waals surface area (Å²) in [6, 6.07) is 0. The lowest BCUT2D eigenvalue weighted by atomic mass is 10.1. The van der Waals surface area contributed by atoms with E-state index in [1.54, 1.807) is 0 Å². The Kier molecular flexibility index (Phi) is 34.3. The third-order valence-electron chi connectivity index (χ3n) is 6.34. The number of nitrogens with zero attached hydrogens (tertiary/aromatic N) is 1. The molecular formula is C33H68NO10+. The Morgan fingerprint density at radius 2 is 0.659 bits per heavy atom. The van der Waals surface area contributed by atoms with Crippen molar-refractivity contribution < 1.29 is 51.9 Å². The number of quaternary nitrogens is 1. The molecule has 264 valence electrons. The smallest absolute Gasteiger partial charge is 0.361 e. The third-order valence-corrected chi connectivity index (χ3v) is 6.34. The Morgan fingerprint density at radius 1 is 0.386 bits per heavy atom. The zero-order valence-corrected chi connectivity index (χ0v) is 28.8. The van der Waals surface area contributed by atoms with E-state index >= 15 is 0 Å². The van der Waals surface area contributed by atoms with Crippen LogP contribution in [-0.4, -0.2) is 150 Å². The minimum Gasteiger partial charge on any atom is -0.459 e. The predicted molar refractivity (Wildman–Crippen MR) is 172 cm³/mol. The molecule has 0 atom stereocenters. The lowest BCUT2D eigenvalue weighted by Crippen LogP contribution is -2.40. The fraction of sp³-hybridized carbons (Fsp3) is 0.970. The number of likely N-dealkylation sites (N-methyl/N-ethyl adjacent to an activating group) is 1. The van der Waals surface area contributed by atoms with E-state index in [0.29, 0.717) is 110 Å². The van der Waals surface area contributed by atoms with Gasteiger partial charge in [0.15, 0.2) is 6.54 Å². The van der Waals surface area contributed by atoms with Gasteiger partial charge in [-0.1, -0.05) is 64.7 Å². The second kappa shape index (κ2) is 35.0. The highest BCUT2D eigenvalue weighted by atomic mass is 16.6. The summed E-state index contributed by atoms with van der Waals surface area (Å²) < 4.78 is 49.6. The van der Waals surface area contributed by atoms with Gasteiger partial charge in [-0.15, -0.1) is 0 Å². The van der Waals surface area contributed by atoms with E-state index in [2.05, 4.69) is 6.92 Å². The number of unbranched alkanes of at least 4 members (excludes halogenated alkanes) is 9. The molecule has 0 radical (unpaired) electrons. The number of hydrogen-bond acceptors (Lipinski definition) is 10. The predicted octanol–water partition coefficient (Wildman–Crippen LogP) is 4.29. The van der Waals surface area contributed by atoms with Crippen LogP contribution in [0.25, 0.3) is 0 Å². The van der Waals surface area contributed by atoms with Gasteiger partial charge in [0, 0.05) is 6.61 Å². The van der Waals surface area contributed by atoms with Gasteiger partial charge < -0.3 is 47.1 Å². The molecule has 44 heavy (non-hydrogen) atoms. The van der Waals surface area contributed by atoms with Crippen molar-refractivity contribution >= 4 is 5.97 Å². The van der Waals surface area contributed by atoms with Crippen LogP contribution >= 0.6 is 0 Å². The molecule has 0 aromatic rings. The molecule has 0 saturated heterocycles. The molecule has 0 fully saturated rings. The maximum atomic E-state index is 11.6. The number of ether oxygens (including phenoxy) is 9. The first-order valence-corrected chi connectivity index (χ1v) is 17.0. The van der Waals surface area contributed by atoms with Crippen molar-refractivity contribution in [3.63, 3.8) is 0 Å². The Balaban J connectivity index is 3.09. The molecule has 0 heterocycles. The van der Waals surface area contributed by atoms with Gasteiger partial charge in [0.1, 0.15) is 6.61 Å². The maximum absolute atomic E-state index is 11.6. The Labute approximate surface area is 269 Å². The second-order valence-corrected chi connectivity index (χ2v) is 11.7. The van der Waals surface area contributed by atoms with Crippen molar-refractivity contribution in [2.45, 2.75) is 71.1 Å². The monoisotopic (exact) mass is 638 g/mol. The Hall–Kier alpha value is -0.890. The van der Waals surface area contributed by atoms with Crippen molar-refractivity contribution in [1.29, 1.82) is 0 Å². The van der Waals surface area contributed by atoms with Gasteiger partial charge in [0.05, 0.1) is 120 Å². The standard InChI is InChI=1S/C33H68NO10/c1-5-6-7-8-9-10-11-12-13-14-15-36-16-17-37-18-19-38-20-21-39-22-23-40-24-25-41-26-27-42-28-29-43-30-31-44-33(35)32-34(2,3)4/h5-32H2,1-4H3/q+1. The Morgan fingerprint density at radius 3 is 0.977 bits per heavy atom. The molecule has 0 aliphatic heterocycles. The van der Waals surface area contributed by atoms with E-state index < -0.39 is 0 Å². The van der Waals surface area contributed by atoms with Crippen molar-refractivity contribution in [3.8, 4) is 0 Å². The summed E-state index contributed by atoms with van der Waals surface area (Å²) in [7, 11) is 5.82. The molecule has 11 heteroatoms. The zero-order chi connectivity index (χ0) is 32.2. The number of esters is 1. The number of hydrogen-bond donors (Lipinski definition) is 0. The average molecular weight is 639 g/mol. The van der Waals surface area contributed by atoms with E-state index in [-0.39, 0.29) is 12.6 Å². The molecule has 0 aromatic heterocycles. The molecule has 0 amide bonds. The molecule has 0 bridgehead atoms. The quantitative estimate of drug-likeness (QED) is 0.0557. The molecule has 0 spiro atoms. The van der Waals surface area contributed by atoms with E-state index in [4.69, 9.17) is 42.6 Å². The SMILES string of the molecule is CCCCCCCCCCCCOCCOCCOCCOCCOCCOCCOCCOCCOC(=O)C[N+](C)(C)C. The highest BCUT2D eigenvalue weighted by Crippen LogP contribution is 2.10. The molecule has 11 nitrogen and oxygen atoms in total. The van der Waals surface area contributed by atoms with Gasteiger partial charge in [0.2, 0.25) is 0 Å². The summed E-state index contributed by atoms with van der Waals surface area (Å²) >= 11 is 0. The first-order chi connectivity index (χ1) is 21.5. The van der Waals surface area contributed by atoms with Crippen LogP contribution in [-0.2, 0) is 47.4 Å². The number of carbonyl (C=O) groups is 1. The molecule has 0 aliphatic rings. The Bertz CT molecular complexity index is 577. The average Bonchev–Trinajstić information content (AvgIpc) is 2.98. The van der Waals surface area contributed by atoms with Gasteiger partial charge in [-0.05, 0) is 6.42 Å². The van der Waals surface area contributed by atoms with E-state index in [1.165, 1.54) is 57.8 Å². The minimum atomic E-state index is -0.223. The van der Waals surface area contributed by atoms with Crippen LogP contribution in [0, 0.1) is 0 Å². The van der Waals surface area contributed by atoms with Crippen LogP contribution in [0.1, 0.15) is 71.1 Å². The summed E-state index contributed by atoms with van der Waals surface area (Å²) in [5.74, 6) is -0.223. The lowest BCUT2D eigenvalue weighted by molar-refractivity contribution is -0.862. The summed E-state index contributed by atoms with van der Waals surface area (Å²) in [6.45, 7) is 11.5. The zero-order valence-electron chi connectivity index (χ0n) is 28.8. The van der Waals surface area contributed by atoms with Crippen molar-refractivity contribution in [2.75, 3.05) is 140 Å². The molecule has 0 saturated carbocycles. The number of rotatable bonds is 37. The van der Waals surface area contributed by atoms with Crippen molar-refractivity contribution in [2.24, 2.45) is 0 Å². The minimum absolute atomic E-state index is 0.223. The van der Waals surface area contributed by atoms with Gasteiger partial charge >= 0.3 is 5.97 Å². The molecule has 0 rings (SSSR count). The maximum Gasteiger partial charge on any atom is 0.361 e. The van der Waals surface area contributed by atoms with Gasteiger partial charge in [0.25, 0.3) is 0 Å². The third kappa shape index (κ3) is 39.1. The normalized spacial score (nSPS) is 11.8. The van der Waals surface area contributed by atoms with Crippen LogP contribution < -0.4 is 0 Å². The van der Waals surface area contributed by atoms with Gasteiger partial charge in [-0.3, -0.25) is 0 Å². The van der Waals surface area contributed by atoms with Crippen molar-refractivity contribution in [1.82, 2.24) is 0 Å². The number of carbonyl (C=O) groups excluding carboxylic acids is 1. The van der Waals surface area contributed by atoms with Gasteiger partial charge in [-0.25, -0.2) is 4.79 Å². The summed E-state index contributed by atoms with van der Waals surface area (Å²) in [5.41, 5.74) is 0. The second-order valence-electron chi connectivity index (χ2n) is 11.7. The molecule has 0 N–H and O–H groups in total. The summed E-state index contributed by atoms with van der Waals surface area (Å²) in [6.07, 6.45) is 13.4. The summed E-state index contributed by atoms with van der Waals surface area (Å²) in [4.78, 5) is 11.6. The van der Waals surface area contributed by atoms with Crippen LogP contribution in [0.4, 0.5) is 0 Å². The van der Waals surface area contributed by atoms with E-state index in [1.807, 2.05) is 21.1 Å². The topological polar surface area (TPSA) is 100 Å².